The van der Waals surface area contributed by atoms with Crippen molar-refractivity contribution in [2.24, 2.45) is 5.92 Å². The van der Waals surface area contributed by atoms with Gasteiger partial charge in [-0.3, -0.25) is 9.51 Å². The van der Waals surface area contributed by atoms with Gasteiger partial charge in [0.2, 0.25) is 0 Å². The molecule has 0 aliphatic heterocycles. The van der Waals surface area contributed by atoms with E-state index in [4.69, 9.17) is 13.8 Å². The maximum absolute atomic E-state index is 13.9. The van der Waals surface area contributed by atoms with E-state index < -0.39 is 13.4 Å². The Kier molecular flexibility index (Phi) is 7.33. The van der Waals surface area contributed by atoms with Gasteiger partial charge in [-0.2, -0.15) is 0 Å². The second kappa shape index (κ2) is 9.30. The fourth-order valence-corrected chi connectivity index (χ4v) is 5.05. The van der Waals surface area contributed by atoms with Gasteiger partial charge in [0.1, 0.15) is 11.5 Å². The molecule has 7 nitrogen and oxygen atoms in total. The van der Waals surface area contributed by atoms with Crippen molar-refractivity contribution in [1.82, 2.24) is 4.98 Å². The molecule has 0 fully saturated rings. The molecular formula is C20H29N2O5P. The highest BCUT2D eigenvalue weighted by atomic mass is 31.2. The predicted octanol–water partition coefficient (Wildman–Crippen LogP) is 5.20. The molecule has 0 aliphatic carbocycles. The molecule has 2 unspecified atom stereocenters. The summed E-state index contributed by atoms with van der Waals surface area (Å²) in [5.41, 5.74) is 1.27. The van der Waals surface area contributed by atoms with E-state index in [0.29, 0.717) is 11.3 Å². The number of aromatic nitrogens is 1. The Morgan fingerprint density at radius 2 is 1.93 bits per heavy atom. The fourth-order valence-electron chi connectivity index (χ4n) is 2.74. The highest BCUT2D eigenvalue weighted by Gasteiger charge is 2.41. The molecule has 8 heteroatoms. The van der Waals surface area contributed by atoms with Gasteiger partial charge in [-0.1, -0.05) is 13.8 Å². The molecule has 2 rings (SSSR count). The third kappa shape index (κ3) is 5.40. The highest BCUT2D eigenvalue weighted by molar-refractivity contribution is 7.55. The molecule has 0 amide bonds. The number of hydrogen-bond acceptors (Lipinski definition) is 7. The SMILES string of the molecule is COc1cc(OP(=O)(OC(C)C)C(Nc2cccnc2)C(C)C)cc(C)c1O. The number of nitrogens with one attached hydrogen (secondary N) is 1. The van der Waals surface area contributed by atoms with Gasteiger partial charge >= 0.3 is 7.60 Å². The Labute approximate surface area is 166 Å². The first kappa shape index (κ1) is 22.1. The minimum absolute atomic E-state index is 0.0170. The molecule has 2 N–H and O–H groups in total. The maximum Gasteiger partial charge on any atom is 0.401 e. The molecule has 0 radical (unpaired) electrons. The molecule has 28 heavy (non-hydrogen) atoms. The number of pyridine rings is 1. The topological polar surface area (TPSA) is 89.9 Å². The lowest BCUT2D eigenvalue weighted by Crippen LogP contribution is -2.30. The minimum Gasteiger partial charge on any atom is -0.504 e. The smallest absolute Gasteiger partial charge is 0.401 e. The zero-order valence-corrected chi connectivity index (χ0v) is 18.1. The zero-order chi connectivity index (χ0) is 20.9. The van der Waals surface area contributed by atoms with Gasteiger partial charge in [0.15, 0.2) is 11.5 Å². The first-order chi connectivity index (χ1) is 13.2. The Hall–Kier alpha value is -2.24. The quantitative estimate of drug-likeness (QED) is 0.552. The lowest BCUT2D eigenvalue weighted by Gasteiger charge is -2.32. The van der Waals surface area contributed by atoms with Gasteiger partial charge in [0.25, 0.3) is 0 Å². The Balaban J connectivity index is 2.43. The molecule has 0 spiro atoms. The van der Waals surface area contributed by atoms with Crippen molar-refractivity contribution in [1.29, 1.82) is 0 Å². The van der Waals surface area contributed by atoms with Crippen LogP contribution in [0.5, 0.6) is 17.2 Å². The largest absolute Gasteiger partial charge is 0.504 e. The second-order valence-electron chi connectivity index (χ2n) is 7.15. The second-order valence-corrected chi connectivity index (χ2v) is 9.18. The number of rotatable bonds is 9. The number of aryl methyl sites for hydroxylation is 1. The molecule has 0 saturated carbocycles. The van der Waals surface area contributed by atoms with Gasteiger partial charge in [-0.15, -0.1) is 0 Å². The zero-order valence-electron chi connectivity index (χ0n) is 17.2. The van der Waals surface area contributed by atoms with Gasteiger partial charge in [-0.25, -0.2) is 4.57 Å². The Bertz CT molecular complexity index is 827. The summed E-state index contributed by atoms with van der Waals surface area (Å²) in [5, 5.41) is 13.3. The van der Waals surface area contributed by atoms with E-state index in [9.17, 15) is 9.67 Å². The van der Waals surface area contributed by atoms with Gasteiger partial charge in [0.05, 0.1) is 18.9 Å². The van der Waals surface area contributed by atoms with Crippen LogP contribution in [0.1, 0.15) is 33.3 Å². The minimum atomic E-state index is -3.67. The average Bonchev–Trinajstić information content (AvgIpc) is 2.62. The molecular weight excluding hydrogens is 379 g/mol. The van der Waals surface area contributed by atoms with Crippen molar-refractivity contribution in [3.8, 4) is 17.2 Å². The van der Waals surface area contributed by atoms with Crippen molar-refractivity contribution >= 4 is 13.3 Å². The van der Waals surface area contributed by atoms with Crippen LogP contribution < -0.4 is 14.6 Å². The van der Waals surface area contributed by atoms with E-state index >= 15 is 0 Å². The van der Waals surface area contributed by atoms with Crippen LogP contribution in [0, 0.1) is 12.8 Å². The van der Waals surface area contributed by atoms with E-state index in [-0.39, 0.29) is 23.5 Å². The normalized spacial score (nSPS) is 14.6. The average molecular weight is 408 g/mol. The van der Waals surface area contributed by atoms with Gasteiger partial charge in [0, 0.05) is 18.5 Å². The monoisotopic (exact) mass is 408 g/mol. The van der Waals surface area contributed by atoms with Gasteiger partial charge < -0.3 is 19.7 Å². The summed E-state index contributed by atoms with van der Waals surface area (Å²) in [5.74, 6) is -0.116. The summed E-state index contributed by atoms with van der Waals surface area (Å²) in [6.07, 6.45) is 3.01. The number of hydrogen-bond donors (Lipinski definition) is 2. The summed E-state index contributed by atoms with van der Waals surface area (Å²) in [4.78, 5) is 4.09. The summed E-state index contributed by atoms with van der Waals surface area (Å²) in [7, 11) is -2.22. The van der Waals surface area contributed by atoms with Crippen LogP contribution in [-0.4, -0.2) is 29.1 Å². The number of nitrogens with zero attached hydrogens (tertiary/aromatic N) is 1. The Morgan fingerprint density at radius 3 is 2.46 bits per heavy atom. The number of phenols is 1. The Morgan fingerprint density at radius 1 is 1.21 bits per heavy atom. The molecule has 154 valence electrons. The third-order valence-electron chi connectivity index (χ3n) is 4.00. The number of aromatic hydroxyl groups is 1. The van der Waals surface area contributed by atoms with Crippen molar-refractivity contribution in [2.45, 2.75) is 46.5 Å². The molecule has 0 bridgehead atoms. The van der Waals surface area contributed by atoms with Crippen LogP contribution in [-0.2, 0) is 9.09 Å². The van der Waals surface area contributed by atoms with Crippen LogP contribution >= 0.6 is 7.60 Å². The van der Waals surface area contributed by atoms with E-state index in [1.54, 1.807) is 45.3 Å². The number of anilines is 1. The molecule has 2 aromatic rings. The summed E-state index contributed by atoms with van der Waals surface area (Å²) >= 11 is 0. The molecule has 0 aliphatic rings. The van der Waals surface area contributed by atoms with Crippen molar-refractivity contribution < 1.29 is 23.5 Å². The van der Waals surface area contributed by atoms with Crippen LogP contribution in [0.25, 0.3) is 0 Å². The molecule has 1 aromatic heterocycles. The van der Waals surface area contributed by atoms with Crippen LogP contribution in [0.3, 0.4) is 0 Å². The summed E-state index contributed by atoms with van der Waals surface area (Å²) in [6.45, 7) is 9.21. The standard InChI is InChI=1S/C20H29N2O5P/c1-13(2)20(22-16-8-7-9-21-12-16)28(24,26-14(3)4)27-17-10-15(5)19(23)18(11-17)25-6/h7-14,20,22-23H,1-6H3. The van der Waals surface area contributed by atoms with Gasteiger partial charge in [-0.05, 0) is 50.5 Å². The van der Waals surface area contributed by atoms with E-state index in [1.165, 1.54) is 13.2 Å². The number of phenolic OH excluding ortho intramolecular Hbond substituents is 1. The lowest BCUT2D eigenvalue weighted by molar-refractivity contribution is 0.200. The van der Waals surface area contributed by atoms with Crippen molar-refractivity contribution in [3.63, 3.8) is 0 Å². The predicted molar refractivity (Wildman–Crippen MR) is 110 cm³/mol. The van der Waals surface area contributed by atoms with Crippen LogP contribution in [0.2, 0.25) is 0 Å². The van der Waals surface area contributed by atoms with Crippen LogP contribution in [0.15, 0.2) is 36.7 Å². The number of benzene rings is 1. The first-order valence-corrected chi connectivity index (χ1v) is 10.8. The number of methoxy groups -OCH3 is 1. The fraction of sp³-hybridized carbons (Fsp3) is 0.450. The third-order valence-corrected chi connectivity index (χ3v) is 6.59. The van der Waals surface area contributed by atoms with Crippen LogP contribution in [0.4, 0.5) is 5.69 Å². The maximum atomic E-state index is 13.9. The van der Waals surface area contributed by atoms with E-state index in [0.717, 1.165) is 5.69 Å². The van der Waals surface area contributed by atoms with E-state index in [2.05, 4.69) is 10.3 Å². The molecule has 0 saturated heterocycles. The first-order valence-electron chi connectivity index (χ1n) is 9.18. The van der Waals surface area contributed by atoms with Crippen molar-refractivity contribution in [2.75, 3.05) is 12.4 Å². The van der Waals surface area contributed by atoms with Crippen molar-refractivity contribution in [3.05, 3.63) is 42.2 Å². The summed E-state index contributed by atoms with van der Waals surface area (Å²) < 4.78 is 30.9. The highest BCUT2D eigenvalue weighted by Crippen LogP contribution is 2.56. The van der Waals surface area contributed by atoms with E-state index in [1.807, 2.05) is 19.9 Å². The molecule has 2 atom stereocenters. The summed E-state index contributed by atoms with van der Waals surface area (Å²) in [6, 6.07) is 6.74. The number of ether oxygens (including phenoxy) is 1. The molecule has 1 heterocycles. The molecule has 1 aromatic carbocycles. The lowest BCUT2D eigenvalue weighted by atomic mass is 10.2.